The average molecular weight is 593 g/mol. The van der Waals surface area contributed by atoms with Gasteiger partial charge >= 0.3 is 12.1 Å². The van der Waals surface area contributed by atoms with Crippen molar-refractivity contribution in [3.05, 3.63) is 54.1 Å². The van der Waals surface area contributed by atoms with Crippen molar-refractivity contribution in [2.45, 2.75) is 83.2 Å². The van der Waals surface area contributed by atoms with Crippen LogP contribution in [0.4, 0.5) is 9.59 Å². The Morgan fingerprint density at radius 2 is 1.77 bits per heavy atom. The molecule has 11 nitrogen and oxygen atoms in total. The molecule has 0 radical (unpaired) electrons. The first-order chi connectivity index (χ1) is 20.5. The Kier molecular flexibility index (Phi) is 7.64. The number of urea groups is 1. The summed E-state index contributed by atoms with van der Waals surface area (Å²) in [5.41, 5.74) is -1.20. The van der Waals surface area contributed by atoms with Crippen molar-refractivity contribution in [2.24, 2.45) is 5.41 Å². The fourth-order valence-corrected chi connectivity index (χ4v) is 7.51. The van der Waals surface area contributed by atoms with Crippen molar-refractivity contribution in [1.29, 1.82) is 0 Å². The Morgan fingerprint density at radius 1 is 1.02 bits per heavy atom. The van der Waals surface area contributed by atoms with E-state index >= 15 is 0 Å². The minimum atomic E-state index is -1.08. The molecule has 4 amide bonds. The van der Waals surface area contributed by atoms with Gasteiger partial charge in [-0.15, -0.1) is 0 Å². The Balaban J connectivity index is 1.20. The predicted octanol–water partition coefficient (Wildman–Crippen LogP) is 3.64. The van der Waals surface area contributed by atoms with E-state index in [1.54, 1.807) is 16.0 Å². The van der Waals surface area contributed by atoms with E-state index in [0.717, 1.165) is 37.1 Å². The molecule has 4 heterocycles. The number of fused-ring (bicyclic) bond motifs is 1. The standard InChI is InChI=1S/C32H44N6O5/c1-30(2,3)43-29(41)35-17-18-38(25(19-35)24-9-5-4-6-10-24)28(40)36-15-13-32(42,31(22-36)11-7-8-12-31)23-37-20-26-33-14-16-34(26)21-27(37)39/h4-6,9-10,14,16,25,42H,7-8,11-13,15,17-23H2,1-3H3/t25-,32?/m0/s1. The summed E-state index contributed by atoms with van der Waals surface area (Å²) >= 11 is 0. The minimum Gasteiger partial charge on any atom is -0.444 e. The molecule has 0 bridgehead atoms. The quantitative estimate of drug-likeness (QED) is 0.583. The molecule has 1 saturated carbocycles. The number of aromatic nitrogens is 2. The fraction of sp³-hybridized carbons (Fsp3) is 0.625. The van der Waals surface area contributed by atoms with Crippen molar-refractivity contribution in [2.75, 3.05) is 39.3 Å². The van der Waals surface area contributed by atoms with Crippen molar-refractivity contribution < 1.29 is 24.2 Å². The highest BCUT2D eigenvalue weighted by Crippen LogP contribution is 2.51. The molecule has 6 rings (SSSR count). The number of carbonyl (C=O) groups excluding carboxylic acids is 3. The molecule has 3 aliphatic heterocycles. The molecule has 2 aromatic rings. The molecule has 3 fully saturated rings. The number of benzene rings is 1. The van der Waals surface area contributed by atoms with E-state index < -0.39 is 16.6 Å². The van der Waals surface area contributed by atoms with Gasteiger partial charge in [-0.3, -0.25) is 4.79 Å². The van der Waals surface area contributed by atoms with E-state index in [1.807, 2.05) is 71.7 Å². The molecule has 2 atom stereocenters. The highest BCUT2D eigenvalue weighted by molar-refractivity contribution is 5.78. The molecule has 1 unspecified atom stereocenters. The zero-order valence-electron chi connectivity index (χ0n) is 25.6. The molecular formula is C32H44N6O5. The molecular weight excluding hydrogens is 548 g/mol. The largest absolute Gasteiger partial charge is 0.444 e. The summed E-state index contributed by atoms with van der Waals surface area (Å²) < 4.78 is 7.52. The van der Waals surface area contributed by atoms with Crippen LogP contribution < -0.4 is 0 Å². The van der Waals surface area contributed by atoms with Crippen LogP contribution in [0.25, 0.3) is 0 Å². The second-order valence-electron chi connectivity index (χ2n) is 13.7. The number of hydrogen-bond acceptors (Lipinski definition) is 6. The summed E-state index contributed by atoms with van der Waals surface area (Å²) in [6.07, 6.45) is 7.18. The molecule has 2 saturated heterocycles. The average Bonchev–Trinajstić information content (AvgIpc) is 3.64. The first kappa shape index (κ1) is 29.5. The number of rotatable bonds is 3. The SMILES string of the molecule is CC(C)(C)OC(=O)N1CCN(C(=O)N2CCC(O)(CN3Cc4nccn4CC3=O)C3(CCCC3)C2)[C@H](c2ccccc2)C1. The number of piperidine rings is 1. The smallest absolute Gasteiger partial charge is 0.410 e. The molecule has 1 aromatic carbocycles. The third-order valence-electron chi connectivity index (χ3n) is 9.81. The van der Waals surface area contributed by atoms with Gasteiger partial charge in [0.25, 0.3) is 0 Å². The third-order valence-corrected chi connectivity index (χ3v) is 9.81. The van der Waals surface area contributed by atoms with Gasteiger partial charge in [-0.25, -0.2) is 14.6 Å². The van der Waals surface area contributed by atoms with Crippen molar-refractivity contribution in [3.63, 3.8) is 0 Å². The Bertz CT molecular complexity index is 1350. The zero-order chi connectivity index (χ0) is 30.4. The number of imidazole rings is 1. The van der Waals surface area contributed by atoms with E-state index in [4.69, 9.17) is 4.74 Å². The van der Waals surface area contributed by atoms with E-state index in [0.29, 0.717) is 45.7 Å². The maximum Gasteiger partial charge on any atom is 0.410 e. The van der Waals surface area contributed by atoms with Crippen LogP contribution in [0.2, 0.25) is 0 Å². The van der Waals surface area contributed by atoms with Crippen LogP contribution in [0.1, 0.15) is 70.3 Å². The first-order valence-corrected chi connectivity index (χ1v) is 15.6. The number of β-amino-alcohol motifs (C(OH)–C–C–N with tert-alkyl or cyclic N) is 1. The molecule has 1 N–H and O–H groups in total. The van der Waals surface area contributed by atoms with E-state index in [2.05, 4.69) is 4.98 Å². The van der Waals surface area contributed by atoms with E-state index in [-0.39, 0.29) is 37.2 Å². The van der Waals surface area contributed by atoms with Crippen LogP contribution in [0, 0.1) is 5.41 Å². The van der Waals surface area contributed by atoms with Crippen molar-refractivity contribution in [1.82, 2.24) is 29.2 Å². The summed E-state index contributed by atoms with van der Waals surface area (Å²) in [7, 11) is 0. The summed E-state index contributed by atoms with van der Waals surface area (Å²) in [5.74, 6) is 0.813. The number of carbonyl (C=O) groups is 3. The van der Waals surface area contributed by atoms with Crippen LogP contribution in [0.5, 0.6) is 0 Å². The number of amides is 4. The van der Waals surface area contributed by atoms with Crippen LogP contribution in [0.3, 0.4) is 0 Å². The van der Waals surface area contributed by atoms with E-state index in [9.17, 15) is 19.5 Å². The number of piperazine rings is 1. The Labute approximate surface area is 253 Å². The fourth-order valence-electron chi connectivity index (χ4n) is 7.51. The third kappa shape index (κ3) is 5.71. The van der Waals surface area contributed by atoms with Gasteiger partial charge in [-0.2, -0.15) is 0 Å². The minimum absolute atomic E-state index is 0.0147. The summed E-state index contributed by atoms with van der Waals surface area (Å²) in [6, 6.07) is 9.46. The molecule has 232 valence electrons. The predicted molar refractivity (Wildman–Crippen MR) is 159 cm³/mol. The maximum atomic E-state index is 14.3. The lowest BCUT2D eigenvalue weighted by atomic mass is 9.65. The summed E-state index contributed by atoms with van der Waals surface area (Å²) in [4.78, 5) is 51.9. The Hall–Kier alpha value is -3.60. The van der Waals surface area contributed by atoms with E-state index in [1.165, 1.54) is 0 Å². The second-order valence-corrected chi connectivity index (χ2v) is 13.7. The molecule has 1 spiro atoms. The van der Waals surface area contributed by atoms with Gasteiger partial charge in [-0.1, -0.05) is 43.2 Å². The lowest BCUT2D eigenvalue weighted by molar-refractivity contribution is -0.159. The second kappa shape index (κ2) is 11.2. The number of likely N-dealkylation sites (tertiary alicyclic amines) is 1. The molecule has 1 aliphatic carbocycles. The zero-order valence-corrected chi connectivity index (χ0v) is 25.6. The van der Waals surface area contributed by atoms with Gasteiger partial charge in [0, 0.05) is 50.5 Å². The van der Waals surface area contributed by atoms with Crippen LogP contribution in [-0.2, 0) is 22.6 Å². The van der Waals surface area contributed by atoms with Gasteiger partial charge < -0.3 is 34.0 Å². The molecule has 4 aliphatic rings. The van der Waals surface area contributed by atoms with Crippen LogP contribution in [-0.4, -0.2) is 103 Å². The number of ether oxygens (including phenoxy) is 1. The highest BCUT2D eigenvalue weighted by Gasteiger charge is 2.57. The van der Waals surface area contributed by atoms with Gasteiger partial charge in [0.1, 0.15) is 18.0 Å². The molecule has 1 aromatic heterocycles. The summed E-state index contributed by atoms with van der Waals surface area (Å²) in [6.45, 7) is 8.41. The molecule has 43 heavy (non-hydrogen) atoms. The van der Waals surface area contributed by atoms with Crippen molar-refractivity contribution >= 4 is 18.0 Å². The number of aliphatic hydroxyl groups is 1. The monoisotopic (exact) mass is 592 g/mol. The summed E-state index contributed by atoms with van der Waals surface area (Å²) in [5, 5.41) is 12.3. The van der Waals surface area contributed by atoms with Crippen LogP contribution in [0.15, 0.2) is 42.7 Å². The number of nitrogens with zero attached hydrogens (tertiary/aromatic N) is 6. The molecule has 11 heteroatoms. The van der Waals surface area contributed by atoms with Gasteiger partial charge in [0.2, 0.25) is 5.91 Å². The lowest BCUT2D eigenvalue weighted by Crippen LogP contribution is -2.66. The lowest BCUT2D eigenvalue weighted by Gasteiger charge is -2.54. The normalized spacial score (nSPS) is 25.7. The van der Waals surface area contributed by atoms with Gasteiger partial charge in [0.05, 0.1) is 24.7 Å². The van der Waals surface area contributed by atoms with Gasteiger partial charge in [0.15, 0.2) is 0 Å². The first-order valence-electron chi connectivity index (χ1n) is 15.6. The highest BCUT2D eigenvalue weighted by atomic mass is 16.6. The van der Waals surface area contributed by atoms with Crippen LogP contribution >= 0.6 is 0 Å². The Morgan fingerprint density at radius 3 is 2.49 bits per heavy atom. The number of hydrogen-bond donors (Lipinski definition) is 1. The maximum absolute atomic E-state index is 14.3. The van der Waals surface area contributed by atoms with Crippen molar-refractivity contribution in [3.8, 4) is 0 Å². The topological polar surface area (TPSA) is 111 Å². The van der Waals surface area contributed by atoms with Gasteiger partial charge in [-0.05, 0) is 45.6 Å².